The summed E-state index contributed by atoms with van der Waals surface area (Å²) >= 11 is 1.40. The van der Waals surface area contributed by atoms with Crippen molar-refractivity contribution in [1.82, 2.24) is 4.90 Å². The number of sulfone groups is 1. The van der Waals surface area contributed by atoms with Crippen molar-refractivity contribution in [3.8, 4) is 11.5 Å². The molecule has 0 spiro atoms. The van der Waals surface area contributed by atoms with Gasteiger partial charge in [0.25, 0.3) is 5.91 Å². The first-order chi connectivity index (χ1) is 14.9. The first kappa shape index (κ1) is 20.4. The summed E-state index contributed by atoms with van der Waals surface area (Å²) in [5, 5.41) is 0.490. The predicted octanol–water partition coefficient (Wildman–Crippen LogP) is 2.56. The zero-order valence-electron chi connectivity index (χ0n) is 17.0. The van der Waals surface area contributed by atoms with Crippen LogP contribution < -0.4 is 9.47 Å². The number of aliphatic imine (C=N–C) groups is 1. The minimum absolute atomic E-state index is 0.0837. The van der Waals surface area contributed by atoms with Crippen molar-refractivity contribution in [3.05, 3.63) is 59.2 Å². The lowest BCUT2D eigenvalue weighted by molar-refractivity contribution is -0.117. The molecule has 2 fully saturated rings. The van der Waals surface area contributed by atoms with E-state index < -0.39 is 9.84 Å². The van der Waals surface area contributed by atoms with E-state index in [9.17, 15) is 13.2 Å². The van der Waals surface area contributed by atoms with E-state index >= 15 is 0 Å². The molecule has 3 heterocycles. The van der Waals surface area contributed by atoms with Crippen LogP contribution in [0.5, 0.6) is 11.5 Å². The largest absolute Gasteiger partial charge is 0.454 e. The van der Waals surface area contributed by atoms with E-state index in [-0.39, 0.29) is 41.9 Å². The Morgan fingerprint density at radius 2 is 1.84 bits per heavy atom. The summed E-state index contributed by atoms with van der Waals surface area (Å²) < 4.78 is 35.3. The normalized spacial score (nSPS) is 24.5. The van der Waals surface area contributed by atoms with Crippen molar-refractivity contribution >= 4 is 32.7 Å². The number of amides is 1. The monoisotopic (exact) mass is 458 g/mol. The molecule has 0 radical (unpaired) electrons. The molecule has 0 bridgehead atoms. The van der Waals surface area contributed by atoms with Crippen molar-refractivity contribution in [2.75, 3.05) is 18.3 Å². The van der Waals surface area contributed by atoms with Gasteiger partial charge < -0.3 is 14.4 Å². The molecule has 0 N–H and O–H groups in total. The summed E-state index contributed by atoms with van der Waals surface area (Å²) in [5.74, 6) is 1.34. The number of aryl methyl sites for hydroxylation is 1. The second-order valence-corrected chi connectivity index (χ2v) is 11.4. The highest BCUT2D eigenvalue weighted by Gasteiger charge is 2.48. The Labute approximate surface area is 185 Å². The molecular weight excluding hydrogens is 436 g/mol. The fourth-order valence-electron chi connectivity index (χ4n) is 4.08. The van der Waals surface area contributed by atoms with Crippen molar-refractivity contribution in [1.29, 1.82) is 0 Å². The molecule has 9 heteroatoms. The number of carbonyl (C=O) groups is 1. The van der Waals surface area contributed by atoms with E-state index in [1.54, 1.807) is 0 Å². The number of benzene rings is 2. The summed E-state index contributed by atoms with van der Waals surface area (Å²) in [7, 11) is -3.09. The molecule has 7 nitrogen and oxygen atoms in total. The van der Waals surface area contributed by atoms with E-state index in [1.165, 1.54) is 11.8 Å². The number of ether oxygens (including phenoxy) is 2. The van der Waals surface area contributed by atoms with Crippen molar-refractivity contribution in [2.24, 2.45) is 4.99 Å². The third-order valence-corrected chi connectivity index (χ3v) is 8.91. The van der Waals surface area contributed by atoms with Crippen LogP contribution >= 0.6 is 11.8 Å². The van der Waals surface area contributed by atoms with Gasteiger partial charge in [0.15, 0.2) is 26.5 Å². The molecule has 1 amide bonds. The Bertz CT molecular complexity index is 1160. The third kappa shape index (κ3) is 4.29. The van der Waals surface area contributed by atoms with Crippen LogP contribution in [0.15, 0.2) is 47.5 Å². The van der Waals surface area contributed by atoms with Gasteiger partial charge in [-0.15, -0.1) is 0 Å². The number of fused-ring (bicyclic) bond motifs is 2. The summed E-state index contributed by atoms with van der Waals surface area (Å²) in [5.41, 5.74) is 3.00. The SMILES string of the molecule is Cc1ccc(CC(=O)N=C2SC3CS(=O)(=O)CC3N2Cc2ccc3c(c2)OCO3)cc1. The van der Waals surface area contributed by atoms with E-state index in [0.29, 0.717) is 23.2 Å². The standard InChI is InChI=1S/C22H22N2O5S2/c1-14-2-4-15(5-3-14)9-21(25)23-22-24(17-11-31(26,27)12-20(17)30-22)10-16-6-7-18-19(8-16)29-13-28-18/h2-8,17,20H,9-13H2,1H3. The zero-order valence-corrected chi connectivity index (χ0v) is 18.6. The summed E-state index contributed by atoms with van der Waals surface area (Å²) in [6, 6.07) is 13.3. The predicted molar refractivity (Wildman–Crippen MR) is 119 cm³/mol. The molecule has 162 valence electrons. The van der Waals surface area contributed by atoms with Crippen LogP contribution in [0.25, 0.3) is 0 Å². The van der Waals surface area contributed by atoms with Crippen LogP contribution in [0.1, 0.15) is 16.7 Å². The topological polar surface area (TPSA) is 85.3 Å². The van der Waals surface area contributed by atoms with Crippen LogP contribution in [0.2, 0.25) is 0 Å². The molecule has 0 aromatic heterocycles. The maximum atomic E-state index is 12.7. The molecule has 2 aromatic rings. The number of hydrogen-bond donors (Lipinski definition) is 0. The first-order valence-electron chi connectivity index (χ1n) is 10.1. The average molecular weight is 459 g/mol. The average Bonchev–Trinajstić information content (AvgIpc) is 3.37. The Morgan fingerprint density at radius 1 is 1.10 bits per heavy atom. The van der Waals surface area contributed by atoms with E-state index in [1.807, 2.05) is 54.3 Å². The fourth-order valence-corrected chi connectivity index (χ4v) is 8.05. The molecule has 2 unspecified atom stereocenters. The van der Waals surface area contributed by atoms with Gasteiger partial charge in [0, 0.05) is 11.8 Å². The number of rotatable bonds is 4. The van der Waals surface area contributed by atoms with Gasteiger partial charge in [-0.2, -0.15) is 4.99 Å². The molecule has 0 saturated carbocycles. The quantitative estimate of drug-likeness (QED) is 0.696. The van der Waals surface area contributed by atoms with Crippen LogP contribution in [0, 0.1) is 6.92 Å². The molecule has 2 saturated heterocycles. The summed E-state index contributed by atoms with van der Waals surface area (Å²) in [6.07, 6.45) is 0.218. The lowest BCUT2D eigenvalue weighted by atomic mass is 10.1. The van der Waals surface area contributed by atoms with Gasteiger partial charge in [-0.25, -0.2) is 8.42 Å². The minimum Gasteiger partial charge on any atom is -0.454 e. The number of hydrogen-bond acceptors (Lipinski definition) is 6. The molecule has 31 heavy (non-hydrogen) atoms. The number of thioether (sulfide) groups is 1. The number of carbonyl (C=O) groups excluding carboxylic acids is 1. The lowest BCUT2D eigenvalue weighted by Gasteiger charge is -2.24. The second-order valence-electron chi connectivity index (χ2n) is 8.07. The molecular formula is C22H22N2O5S2. The van der Waals surface area contributed by atoms with E-state index in [0.717, 1.165) is 16.7 Å². The van der Waals surface area contributed by atoms with Crippen LogP contribution in [0.4, 0.5) is 0 Å². The molecule has 5 rings (SSSR count). The van der Waals surface area contributed by atoms with Gasteiger partial charge in [0.1, 0.15) is 0 Å². The maximum Gasteiger partial charge on any atom is 0.252 e. The molecule has 2 aromatic carbocycles. The first-order valence-corrected chi connectivity index (χ1v) is 12.8. The minimum atomic E-state index is -3.09. The molecule has 3 aliphatic heterocycles. The van der Waals surface area contributed by atoms with Gasteiger partial charge in [-0.1, -0.05) is 47.7 Å². The number of nitrogens with zero attached hydrogens (tertiary/aromatic N) is 2. The van der Waals surface area contributed by atoms with Gasteiger partial charge >= 0.3 is 0 Å². The maximum absolute atomic E-state index is 12.7. The lowest BCUT2D eigenvalue weighted by Crippen LogP contribution is -2.37. The summed E-state index contributed by atoms with van der Waals surface area (Å²) in [6.45, 7) is 2.65. The Hall–Kier alpha value is -2.52. The highest BCUT2D eigenvalue weighted by atomic mass is 32.2. The smallest absolute Gasteiger partial charge is 0.252 e. The summed E-state index contributed by atoms with van der Waals surface area (Å²) in [4.78, 5) is 19.0. The van der Waals surface area contributed by atoms with Gasteiger partial charge in [0.2, 0.25) is 6.79 Å². The zero-order chi connectivity index (χ0) is 21.6. The highest BCUT2D eigenvalue weighted by molar-refractivity contribution is 8.15. The van der Waals surface area contributed by atoms with Crippen molar-refractivity contribution in [2.45, 2.75) is 31.2 Å². The van der Waals surface area contributed by atoms with Crippen LogP contribution in [-0.2, 0) is 27.6 Å². The van der Waals surface area contributed by atoms with Crippen molar-refractivity contribution in [3.63, 3.8) is 0 Å². The molecule has 2 atom stereocenters. The number of amidine groups is 1. The van der Waals surface area contributed by atoms with Crippen LogP contribution in [0.3, 0.4) is 0 Å². The Kier molecular flexibility index (Phi) is 5.18. The van der Waals surface area contributed by atoms with E-state index in [2.05, 4.69) is 4.99 Å². The second kappa shape index (κ2) is 7.87. The third-order valence-electron chi connectivity index (χ3n) is 5.66. The van der Waals surface area contributed by atoms with Gasteiger partial charge in [0.05, 0.1) is 24.0 Å². The van der Waals surface area contributed by atoms with Gasteiger partial charge in [-0.05, 0) is 30.2 Å². The fraction of sp³-hybridized carbons (Fsp3) is 0.364. The highest BCUT2D eigenvalue weighted by Crippen LogP contribution is 2.40. The van der Waals surface area contributed by atoms with Crippen LogP contribution in [-0.4, -0.2) is 54.0 Å². The van der Waals surface area contributed by atoms with E-state index in [4.69, 9.17) is 9.47 Å². The Balaban J connectivity index is 1.39. The Morgan fingerprint density at radius 3 is 2.65 bits per heavy atom. The molecule has 3 aliphatic rings. The molecule has 0 aliphatic carbocycles. The van der Waals surface area contributed by atoms with Crippen molar-refractivity contribution < 1.29 is 22.7 Å². The van der Waals surface area contributed by atoms with Gasteiger partial charge in [-0.3, -0.25) is 4.79 Å².